The molecule has 166 valence electrons. The number of aliphatic hydroxyl groups excluding tert-OH is 1. The van der Waals surface area contributed by atoms with Crippen molar-refractivity contribution in [1.29, 1.82) is 0 Å². The predicted octanol–water partition coefficient (Wildman–Crippen LogP) is 5.02. The van der Waals surface area contributed by atoms with Crippen LogP contribution in [0.25, 0.3) is 0 Å². The van der Waals surface area contributed by atoms with Gasteiger partial charge in [-0.3, -0.25) is 0 Å². The molecule has 0 amide bonds. The first-order valence-corrected chi connectivity index (χ1v) is 12.6. The van der Waals surface area contributed by atoms with Gasteiger partial charge in [-0.15, -0.1) is 0 Å². The summed E-state index contributed by atoms with van der Waals surface area (Å²) in [5, 5.41) is 10.5. The second-order valence-corrected chi connectivity index (χ2v) is 11.6. The molecule has 30 heavy (non-hydrogen) atoms. The van der Waals surface area contributed by atoms with E-state index in [9.17, 15) is 5.11 Å². The molecule has 4 bridgehead atoms. The van der Waals surface area contributed by atoms with Gasteiger partial charge in [0.2, 0.25) is 0 Å². The highest BCUT2D eigenvalue weighted by Gasteiger charge is 2.57. The molecule has 1 aromatic rings. The molecule has 1 heterocycles. The number of ether oxygens (including phenoxy) is 1. The van der Waals surface area contributed by atoms with E-state index in [4.69, 9.17) is 4.74 Å². The van der Waals surface area contributed by atoms with Crippen LogP contribution in [-0.4, -0.2) is 49.0 Å². The molecule has 0 aromatic heterocycles. The Bertz CT molecular complexity index is 682. The van der Waals surface area contributed by atoms with E-state index >= 15 is 0 Å². The highest BCUT2D eigenvalue weighted by molar-refractivity contribution is 5.30. The molecule has 0 radical (unpaired) electrons. The summed E-state index contributed by atoms with van der Waals surface area (Å²) in [5.41, 5.74) is 2.50. The fraction of sp³-hybridized carbons (Fsp3) is 0.778. The van der Waals surface area contributed by atoms with Gasteiger partial charge >= 0.3 is 0 Å². The van der Waals surface area contributed by atoms with Crippen molar-refractivity contribution in [2.24, 2.45) is 23.2 Å². The number of hydrogen-bond donors (Lipinski definition) is 1. The van der Waals surface area contributed by atoms with Crippen molar-refractivity contribution < 1.29 is 9.84 Å². The molecule has 2 unspecified atom stereocenters. The fourth-order valence-corrected chi connectivity index (χ4v) is 7.98. The summed E-state index contributed by atoms with van der Waals surface area (Å²) < 4.78 is 6.06. The number of aliphatic hydroxyl groups is 1. The Morgan fingerprint density at radius 3 is 2.47 bits per heavy atom. The highest BCUT2D eigenvalue weighted by atomic mass is 16.5. The first kappa shape index (κ1) is 21.0. The quantitative estimate of drug-likeness (QED) is 0.610. The largest absolute Gasteiger partial charge is 0.389 e. The van der Waals surface area contributed by atoms with E-state index in [-0.39, 0.29) is 6.10 Å². The highest BCUT2D eigenvalue weighted by Crippen LogP contribution is 2.66. The molecule has 4 aliphatic carbocycles. The van der Waals surface area contributed by atoms with Gasteiger partial charge in [-0.25, -0.2) is 0 Å². The fourth-order valence-electron chi connectivity index (χ4n) is 7.98. The van der Waals surface area contributed by atoms with Crippen molar-refractivity contribution >= 4 is 0 Å². The number of benzene rings is 1. The van der Waals surface area contributed by atoms with Crippen LogP contribution in [0.15, 0.2) is 30.3 Å². The van der Waals surface area contributed by atoms with Crippen molar-refractivity contribution in [3.8, 4) is 0 Å². The summed E-state index contributed by atoms with van der Waals surface area (Å²) in [5.74, 6) is 2.67. The van der Waals surface area contributed by atoms with E-state index < -0.39 is 0 Å². The van der Waals surface area contributed by atoms with E-state index in [1.807, 2.05) is 0 Å². The van der Waals surface area contributed by atoms with Gasteiger partial charge < -0.3 is 14.7 Å². The van der Waals surface area contributed by atoms with Gasteiger partial charge in [-0.05, 0) is 105 Å². The molecule has 1 saturated heterocycles. The zero-order chi connectivity index (χ0) is 20.6. The van der Waals surface area contributed by atoms with Crippen LogP contribution in [0.1, 0.15) is 70.3 Å². The first-order valence-electron chi connectivity index (χ1n) is 12.6. The molecule has 1 aromatic carbocycles. The lowest BCUT2D eigenvalue weighted by Gasteiger charge is -2.62. The molecular weight excluding hydrogens is 370 g/mol. The van der Waals surface area contributed by atoms with E-state index in [0.29, 0.717) is 17.4 Å². The number of rotatable bonds is 8. The lowest BCUT2D eigenvalue weighted by Crippen LogP contribution is -2.54. The SMILES string of the molecule is CC1CCN(C[C@@H](O)COCCC23CC4CC(C2)CC(c2ccccc2)(C4)C3)CC1. The van der Waals surface area contributed by atoms with Crippen LogP contribution < -0.4 is 0 Å². The minimum atomic E-state index is -0.342. The van der Waals surface area contributed by atoms with Crippen LogP contribution >= 0.6 is 0 Å². The summed E-state index contributed by atoms with van der Waals surface area (Å²) >= 11 is 0. The normalized spacial score (nSPS) is 37.5. The van der Waals surface area contributed by atoms with Gasteiger partial charge in [-0.1, -0.05) is 37.3 Å². The van der Waals surface area contributed by atoms with E-state index in [1.165, 1.54) is 57.8 Å². The van der Waals surface area contributed by atoms with E-state index in [0.717, 1.165) is 44.0 Å². The Hall–Kier alpha value is -0.900. The van der Waals surface area contributed by atoms with Gasteiger partial charge in [0.25, 0.3) is 0 Å². The second kappa shape index (κ2) is 8.56. The number of hydrogen-bond acceptors (Lipinski definition) is 3. The third-order valence-corrected chi connectivity index (χ3v) is 9.00. The van der Waals surface area contributed by atoms with Gasteiger partial charge in [0.05, 0.1) is 12.7 Å². The monoisotopic (exact) mass is 411 g/mol. The topological polar surface area (TPSA) is 32.7 Å². The molecule has 3 atom stereocenters. The predicted molar refractivity (Wildman–Crippen MR) is 122 cm³/mol. The van der Waals surface area contributed by atoms with E-state index in [1.54, 1.807) is 5.56 Å². The average Bonchev–Trinajstić information content (AvgIpc) is 2.73. The Kier molecular flexibility index (Phi) is 5.98. The van der Waals surface area contributed by atoms with Crippen LogP contribution in [0.2, 0.25) is 0 Å². The molecule has 5 aliphatic rings. The minimum Gasteiger partial charge on any atom is -0.389 e. The molecule has 1 N–H and O–H groups in total. The summed E-state index contributed by atoms with van der Waals surface area (Å²) in [7, 11) is 0. The average molecular weight is 412 g/mol. The molecule has 1 aliphatic heterocycles. The summed E-state index contributed by atoms with van der Waals surface area (Å²) in [4.78, 5) is 2.41. The van der Waals surface area contributed by atoms with Gasteiger partial charge in [0.15, 0.2) is 0 Å². The maximum absolute atomic E-state index is 10.5. The molecule has 3 heteroatoms. The molecule has 3 nitrogen and oxygen atoms in total. The molecule has 6 rings (SSSR count). The third kappa shape index (κ3) is 4.36. The second-order valence-electron chi connectivity index (χ2n) is 11.6. The number of piperidine rings is 1. The maximum Gasteiger partial charge on any atom is 0.0900 e. The van der Waals surface area contributed by atoms with E-state index in [2.05, 4.69) is 42.2 Å². The van der Waals surface area contributed by atoms with Crippen LogP contribution in [0.5, 0.6) is 0 Å². The first-order chi connectivity index (χ1) is 14.5. The molecule has 5 fully saturated rings. The number of likely N-dealkylation sites (tertiary alicyclic amines) is 1. The lowest BCUT2D eigenvalue weighted by atomic mass is 9.42. The van der Waals surface area contributed by atoms with Crippen molar-refractivity contribution in [3.63, 3.8) is 0 Å². The Morgan fingerprint density at radius 1 is 1.07 bits per heavy atom. The lowest BCUT2D eigenvalue weighted by molar-refractivity contribution is -0.0896. The maximum atomic E-state index is 10.5. The number of nitrogens with zero attached hydrogens (tertiary/aromatic N) is 1. The standard InChI is InChI=1S/C27H41NO2/c1-21-7-10-28(11-8-21)18-25(29)19-30-12-9-26-14-22-13-23(15-26)17-27(16-22,20-26)24-5-3-2-4-6-24/h2-6,21-23,25,29H,7-20H2,1H3/t22?,23?,25-,26?,27?/m1/s1. The Balaban J connectivity index is 1.13. The molecule has 4 saturated carbocycles. The Morgan fingerprint density at radius 2 is 1.77 bits per heavy atom. The summed E-state index contributed by atoms with van der Waals surface area (Å²) in [6.07, 6.45) is 11.8. The van der Waals surface area contributed by atoms with Crippen molar-refractivity contribution in [1.82, 2.24) is 4.90 Å². The van der Waals surface area contributed by atoms with Gasteiger partial charge in [0, 0.05) is 13.2 Å². The van der Waals surface area contributed by atoms with Crippen LogP contribution in [-0.2, 0) is 10.2 Å². The Labute approximate surface area is 183 Å². The van der Waals surface area contributed by atoms with Crippen LogP contribution in [0.3, 0.4) is 0 Å². The van der Waals surface area contributed by atoms with Crippen LogP contribution in [0, 0.1) is 23.2 Å². The van der Waals surface area contributed by atoms with Crippen LogP contribution in [0.4, 0.5) is 0 Å². The minimum absolute atomic E-state index is 0.342. The smallest absolute Gasteiger partial charge is 0.0900 e. The third-order valence-electron chi connectivity index (χ3n) is 9.00. The number of β-amino-alcohol motifs (C(OH)–C–C–N with tert-alkyl or cyclic N) is 1. The zero-order valence-electron chi connectivity index (χ0n) is 18.9. The molecule has 0 spiro atoms. The van der Waals surface area contributed by atoms with Crippen molar-refractivity contribution in [3.05, 3.63) is 35.9 Å². The van der Waals surface area contributed by atoms with Crippen molar-refractivity contribution in [2.45, 2.75) is 76.2 Å². The molecular formula is C27H41NO2. The van der Waals surface area contributed by atoms with Crippen molar-refractivity contribution in [2.75, 3.05) is 32.8 Å². The summed E-state index contributed by atoms with van der Waals surface area (Å²) in [6, 6.07) is 11.4. The summed E-state index contributed by atoms with van der Waals surface area (Å²) in [6.45, 7) is 6.69. The van der Waals surface area contributed by atoms with Gasteiger partial charge in [-0.2, -0.15) is 0 Å². The van der Waals surface area contributed by atoms with Gasteiger partial charge in [0.1, 0.15) is 0 Å². The zero-order valence-corrected chi connectivity index (χ0v) is 18.9.